The third-order valence-electron chi connectivity index (χ3n) is 17.2. The van der Waals surface area contributed by atoms with Crippen LogP contribution in [0.25, 0.3) is 100 Å². The third-order valence-corrected chi connectivity index (χ3v) is 17.2. The van der Waals surface area contributed by atoms with Gasteiger partial charge < -0.3 is 24.6 Å². The van der Waals surface area contributed by atoms with Gasteiger partial charge in [0.05, 0.1) is 0 Å². The average molecular weight is 1310 g/mol. The van der Waals surface area contributed by atoms with Crippen LogP contribution in [0.3, 0.4) is 0 Å². The molecule has 88 heavy (non-hydrogen) atoms. The minimum absolute atomic E-state index is 0. The molecular formula is C82H62IrN5-5. The molecule has 0 aliphatic carbocycles. The fourth-order valence-corrected chi connectivity index (χ4v) is 12.2. The van der Waals surface area contributed by atoms with E-state index in [1.807, 2.05) is 6.20 Å². The monoisotopic (exact) mass is 1310 g/mol. The summed E-state index contributed by atoms with van der Waals surface area (Å²) >= 11 is 0. The Morgan fingerprint density at radius 1 is 0.295 bits per heavy atom. The van der Waals surface area contributed by atoms with Gasteiger partial charge in [-0.1, -0.05) is 192 Å². The minimum Gasteiger partial charge on any atom is -0.497 e. The Balaban J connectivity index is 0.00000714. The van der Waals surface area contributed by atoms with Gasteiger partial charge in [0.2, 0.25) is 0 Å². The van der Waals surface area contributed by atoms with Gasteiger partial charge in [0.25, 0.3) is 0 Å². The number of hydrogen-bond donors (Lipinski definition) is 0. The van der Waals surface area contributed by atoms with Crippen molar-refractivity contribution in [3.05, 3.63) is 333 Å². The molecule has 0 fully saturated rings. The van der Waals surface area contributed by atoms with E-state index in [2.05, 4.69) is 353 Å². The number of nitrogens with zero attached hydrogens (tertiary/aromatic N) is 5. The smallest absolute Gasteiger partial charge is 0.0196 e. The van der Waals surface area contributed by atoms with Gasteiger partial charge in [0.15, 0.2) is 0 Å². The van der Waals surface area contributed by atoms with E-state index >= 15 is 0 Å². The molecule has 6 heteroatoms. The van der Waals surface area contributed by atoms with Crippen molar-refractivity contribution in [2.24, 2.45) is 0 Å². The second-order valence-corrected chi connectivity index (χ2v) is 22.4. The van der Waals surface area contributed by atoms with Crippen LogP contribution in [-0.2, 0) is 20.1 Å². The number of aromatic nitrogens is 1. The van der Waals surface area contributed by atoms with Gasteiger partial charge in [0, 0.05) is 60.5 Å². The van der Waals surface area contributed by atoms with Crippen molar-refractivity contribution in [1.82, 2.24) is 4.98 Å². The number of rotatable bonds is 13. The zero-order valence-electron chi connectivity index (χ0n) is 49.7. The summed E-state index contributed by atoms with van der Waals surface area (Å²) in [4.78, 5) is 13.9. The topological polar surface area (TPSA) is 25.9 Å². The maximum absolute atomic E-state index is 4.94. The van der Waals surface area contributed by atoms with Crippen LogP contribution in [0.2, 0.25) is 0 Å². The van der Waals surface area contributed by atoms with Crippen molar-refractivity contribution in [3.63, 3.8) is 0 Å². The zero-order valence-corrected chi connectivity index (χ0v) is 52.1. The van der Waals surface area contributed by atoms with Crippen LogP contribution in [0.4, 0.5) is 22.7 Å². The van der Waals surface area contributed by atoms with E-state index in [0.29, 0.717) is 0 Å². The molecule has 0 unspecified atom stereocenters. The summed E-state index contributed by atoms with van der Waals surface area (Å²) in [5, 5.41) is 0. The van der Waals surface area contributed by atoms with E-state index in [4.69, 9.17) is 4.98 Å². The summed E-state index contributed by atoms with van der Waals surface area (Å²) in [6, 6.07) is 107. The van der Waals surface area contributed by atoms with E-state index in [-0.39, 0.29) is 20.1 Å². The van der Waals surface area contributed by atoms with Gasteiger partial charge in [-0.2, -0.15) is 36.4 Å². The summed E-state index contributed by atoms with van der Waals surface area (Å²) in [5.74, 6) is 0. The molecule has 5 nitrogen and oxygen atoms in total. The zero-order chi connectivity index (χ0) is 59.0. The molecule has 14 rings (SSSR count). The van der Waals surface area contributed by atoms with Crippen molar-refractivity contribution in [3.8, 4) is 100 Å². The van der Waals surface area contributed by atoms with Crippen molar-refractivity contribution in [2.75, 3.05) is 19.6 Å². The molecule has 12 aromatic rings. The van der Waals surface area contributed by atoms with Gasteiger partial charge in [0.1, 0.15) is 0 Å². The Hall–Kier alpha value is -10.1. The van der Waals surface area contributed by atoms with Gasteiger partial charge in [-0.25, -0.2) is 0 Å². The van der Waals surface area contributed by atoms with Crippen LogP contribution in [0.5, 0.6) is 0 Å². The quantitative estimate of drug-likeness (QED) is 0.107. The second-order valence-electron chi connectivity index (χ2n) is 22.4. The second kappa shape index (κ2) is 24.7. The molecule has 0 bridgehead atoms. The maximum atomic E-state index is 4.94. The predicted octanol–water partition coefficient (Wildman–Crippen LogP) is 21.2. The molecule has 2 aliphatic rings. The summed E-state index contributed by atoms with van der Waals surface area (Å²) in [6.45, 7) is 15.1. The number of pyridine rings is 1. The van der Waals surface area contributed by atoms with Crippen LogP contribution >= 0.6 is 0 Å². The number of allylic oxidation sites excluding steroid dienone is 4. The van der Waals surface area contributed by atoms with Gasteiger partial charge in [-0.15, -0.1) is 77.8 Å². The summed E-state index contributed by atoms with van der Waals surface area (Å²) in [7, 11) is 0. The third kappa shape index (κ3) is 11.1. The molecular weight excluding hydrogens is 1250 g/mol. The van der Waals surface area contributed by atoms with Crippen LogP contribution < -0.4 is 19.6 Å². The van der Waals surface area contributed by atoms with Crippen molar-refractivity contribution in [2.45, 2.75) is 34.6 Å². The maximum Gasteiger partial charge on any atom is 0.0196 e. The van der Waals surface area contributed by atoms with E-state index in [9.17, 15) is 0 Å². The van der Waals surface area contributed by atoms with Crippen molar-refractivity contribution < 1.29 is 20.1 Å². The van der Waals surface area contributed by atoms with Crippen LogP contribution in [0, 0.1) is 38.5 Å². The van der Waals surface area contributed by atoms with Crippen LogP contribution in [-0.4, -0.2) is 4.98 Å². The van der Waals surface area contributed by atoms with E-state index in [0.717, 1.165) is 129 Å². The van der Waals surface area contributed by atoms with Gasteiger partial charge >= 0.3 is 0 Å². The fraction of sp³-hybridized carbons (Fsp3) is 0.0610. The van der Waals surface area contributed by atoms with E-state index in [1.165, 1.54) is 22.5 Å². The first kappa shape index (κ1) is 57.0. The van der Waals surface area contributed by atoms with E-state index in [1.54, 1.807) is 0 Å². The molecule has 1 radical (unpaired) electrons. The van der Waals surface area contributed by atoms with Crippen LogP contribution in [0.15, 0.2) is 296 Å². The number of hydrogen-bond acceptors (Lipinski definition) is 5. The summed E-state index contributed by atoms with van der Waals surface area (Å²) in [6.07, 6.45) is 1.98. The first-order valence-electron chi connectivity index (χ1n) is 29.7. The van der Waals surface area contributed by atoms with Crippen molar-refractivity contribution >= 4 is 22.7 Å². The van der Waals surface area contributed by atoms with Crippen LogP contribution in [0.1, 0.15) is 33.3 Å². The SMILES string of the molecule is CC1=C(C)N(c2ccccc2)[CH-]N1c1[c-]cc(-c2ccccc2-c2cc(-c3ccccc3-c3c[c-]c(-c4cc(-c5ccc(-c6ccccc6)cc5)c(C)cn4)cc3)cc(-c3ccccc3-c3c[c-]c(N4[CH-]N(c5ccccc5)C(C)=C4C)cc3)c2)cc1.[Ir]. The van der Waals surface area contributed by atoms with E-state index < -0.39 is 0 Å². The van der Waals surface area contributed by atoms with Gasteiger partial charge in [-0.05, 0) is 144 Å². The molecule has 2 aliphatic heterocycles. The molecule has 0 saturated heterocycles. The molecule has 0 amide bonds. The minimum atomic E-state index is 0. The predicted molar refractivity (Wildman–Crippen MR) is 363 cm³/mol. The average Bonchev–Trinajstić information content (AvgIpc) is 1.50. The Kier molecular flexibility index (Phi) is 16.0. The molecule has 11 aromatic carbocycles. The molecule has 0 N–H and O–H groups in total. The standard InChI is InChI=1S/C82H62N5.Ir/c1-56-53-83-82(52-81(56)66-35-33-62(34-36-66)61-21-9-6-10-22-61)67-39-37-63(38-40-67)75-27-15-18-30-78(75)68-49-69(79-31-19-16-28-76(79)64-41-45-73(46-42-64)86-54-84(57(2)59(86)4)71-23-11-7-12-24-71)51-70(50-68)80-32-20-17-29-77(80)65-43-47-74(48-44-65)87-55-85(58(3)60(87)5)72-25-13-8-14-26-72;/h6-39,41-45,47,49-55H,1-5H3;/q-5;. The number of benzene rings is 11. The molecule has 1 aromatic heterocycles. The first-order valence-corrected chi connectivity index (χ1v) is 29.7. The normalized spacial score (nSPS) is 13.1. The molecule has 0 atom stereocenters. The first-order chi connectivity index (χ1) is 42.7. The molecule has 0 saturated carbocycles. The Morgan fingerprint density at radius 2 is 0.636 bits per heavy atom. The number of para-hydroxylation sites is 2. The number of anilines is 4. The number of aryl methyl sites for hydroxylation is 1. The Labute approximate surface area is 531 Å². The Bertz CT molecular complexity index is 4360. The van der Waals surface area contributed by atoms with Gasteiger partial charge in [-0.3, -0.25) is 0 Å². The fourth-order valence-electron chi connectivity index (χ4n) is 12.2. The largest absolute Gasteiger partial charge is 0.497 e. The van der Waals surface area contributed by atoms with Crippen molar-refractivity contribution in [1.29, 1.82) is 0 Å². The summed E-state index contributed by atoms with van der Waals surface area (Å²) in [5.41, 5.74) is 29.9. The summed E-state index contributed by atoms with van der Waals surface area (Å²) < 4.78 is 0. The Morgan fingerprint density at radius 3 is 1.03 bits per heavy atom. The molecule has 429 valence electrons. The molecule has 0 spiro atoms. The molecule has 3 heterocycles.